The van der Waals surface area contributed by atoms with E-state index in [0.29, 0.717) is 0 Å². The summed E-state index contributed by atoms with van der Waals surface area (Å²) in [4.78, 5) is 99.2. The monoisotopic (exact) mass is 914 g/mol. The van der Waals surface area contributed by atoms with E-state index in [4.69, 9.17) is 66.3 Å². The summed E-state index contributed by atoms with van der Waals surface area (Å²) in [6, 6.07) is 0. The van der Waals surface area contributed by atoms with Gasteiger partial charge in [0.05, 0.1) is 6.10 Å². The van der Waals surface area contributed by atoms with Crippen molar-refractivity contribution in [3.8, 4) is 0 Å². The molecule has 23 heteroatoms. The lowest BCUT2D eigenvalue weighted by molar-refractivity contribution is -0.376. The molecule has 59 heavy (non-hydrogen) atoms. The molecule has 15 unspecified atom stereocenters. The van der Waals surface area contributed by atoms with Crippen molar-refractivity contribution < 1.29 is 105 Å². The summed E-state index contributed by atoms with van der Waals surface area (Å²) in [5.41, 5.74) is 0. The molecule has 22 nitrogen and oxygen atoms in total. The molecule has 0 spiro atoms. The van der Waals surface area contributed by atoms with Crippen LogP contribution < -0.4 is 0 Å². The maximum Gasteiger partial charge on any atom is 0.303 e. The number of rotatable bonds is 16. The summed E-state index contributed by atoms with van der Waals surface area (Å²) in [5.74, 6) is -7.27. The van der Waals surface area contributed by atoms with Gasteiger partial charge in [0.1, 0.15) is 43.7 Å². The average Bonchev–Trinajstić information content (AvgIpc) is 3.11. The molecule has 3 aliphatic rings. The first kappa shape index (κ1) is 49.4. The minimum Gasteiger partial charge on any atom is -0.463 e. The molecule has 0 N–H and O–H groups in total. The molecule has 0 aromatic heterocycles. The summed E-state index contributed by atoms with van der Waals surface area (Å²) in [7, 11) is 1.21. The van der Waals surface area contributed by atoms with Crippen LogP contribution in [0.3, 0.4) is 0 Å². The van der Waals surface area contributed by atoms with E-state index >= 15 is 0 Å². The SMILES string of the molecule is COC1OC(COC(C)=O)C(OC2OC(COC(C)=O)C(OC3OC(CBr)C(C)C(OC(C)=O)C3OC(C)=O)C(OC(C)=O)C2OC(C)=O)C(OC(C)=O)C1OC(C)=O. The van der Waals surface area contributed by atoms with Gasteiger partial charge in [0.2, 0.25) is 0 Å². The molecule has 0 saturated carbocycles. The first-order chi connectivity index (χ1) is 27.7. The summed E-state index contributed by atoms with van der Waals surface area (Å²) < 4.78 is 80.8. The lowest BCUT2D eigenvalue weighted by Gasteiger charge is -2.50. The molecule has 3 aliphatic heterocycles. The Labute approximate surface area is 347 Å². The molecule has 0 aliphatic carbocycles. The zero-order chi connectivity index (χ0) is 44.3. The number of esters is 8. The fourth-order valence-electron chi connectivity index (χ4n) is 6.65. The van der Waals surface area contributed by atoms with E-state index in [1.807, 2.05) is 0 Å². The maximum atomic E-state index is 12.8. The van der Waals surface area contributed by atoms with Crippen molar-refractivity contribution in [1.82, 2.24) is 0 Å². The van der Waals surface area contributed by atoms with Crippen molar-refractivity contribution in [3.05, 3.63) is 0 Å². The van der Waals surface area contributed by atoms with Crippen molar-refractivity contribution in [3.63, 3.8) is 0 Å². The van der Waals surface area contributed by atoms with Crippen LogP contribution >= 0.6 is 15.9 Å². The molecule has 3 heterocycles. The Bertz CT molecular complexity index is 1520. The summed E-state index contributed by atoms with van der Waals surface area (Å²) >= 11 is 3.37. The first-order valence-corrected chi connectivity index (χ1v) is 19.4. The molecule has 0 radical (unpaired) electrons. The van der Waals surface area contributed by atoms with Crippen LogP contribution in [-0.2, 0) is 105 Å². The number of methoxy groups -OCH3 is 1. The Morgan fingerprint density at radius 2 is 0.729 bits per heavy atom. The predicted molar refractivity (Wildman–Crippen MR) is 192 cm³/mol. The van der Waals surface area contributed by atoms with Gasteiger partial charge in [-0.2, -0.15) is 0 Å². The quantitative estimate of drug-likeness (QED) is 0.115. The lowest BCUT2D eigenvalue weighted by atomic mass is 9.90. The Hall–Kier alpha value is -4.00. The van der Waals surface area contributed by atoms with E-state index < -0.39 is 153 Å². The van der Waals surface area contributed by atoms with Crippen LogP contribution in [0.1, 0.15) is 62.3 Å². The highest BCUT2D eigenvalue weighted by Gasteiger charge is 2.59. The van der Waals surface area contributed by atoms with Crippen LogP contribution in [0, 0.1) is 5.92 Å². The van der Waals surface area contributed by atoms with Crippen LogP contribution in [-0.4, -0.2) is 159 Å². The molecular formula is C36H51BrO22. The van der Waals surface area contributed by atoms with Gasteiger partial charge in [-0.15, -0.1) is 0 Å². The van der Waals surface area contributed by atoms with E-state index in [2.05, 4.69) is 15.9 Å². The standard InChI is InChI=1S/C36H51BrO22/c1-14-23(11-37)55-35(31(52-20(7)43)26(14)49-17(4)40)58-28-25(13-48-16(3)39)57-36(33(54-22(9)45)30(28)51-19(6)42)59-27-24(12-47-15(2)38)56-34(46-10)32(53-21(8)44)29(27)50-18(5)41/h14,23-36H,11-13H2,1-10H3. The van der Waals surface area contributed by atoms with Gasteiger partial charge in [-0.25, -0.2) is 0 Å². The number of ether oxygens (including phenoxy) is 14. The maximum absolute atomic E-state index is 12.8. The zero-order valence-corrected chi connectivity index (χ0v) is 35.7. The third-order valence-electron chi connectivity index (χ3n) is 8.87. The summed E-state index contributed by atoms with van der Waals surface area (Å²) in [6.45, 7) is 9.11. The molecule has 0 amide bonds. The highest BCUT2D eigenvalue weighted by molar-refractivity contribution is 9.09. The largest absolute Gasteiger partial charge is 0.463 e. The van der Waals surface area contributed by atoms with Crippen LogP contribution in [0.4, 0.5) is 0 Å². The minimum absolute atomic E-state index is 0.176. The van der Waals surface area contributed by atoms with Crippen LogP contribution in [0.2, 0.25) is 0 Å². The van der Waals surface area contributed by atoms with E-state index in [9.17, 15) is 38.4 Å². The fraction of sp³-hybridized carbons (Fsp3) is 0.778. The lowest BCUT2D eigenvalue weighted by Crippen LogP contribution is -2.68. The Kier molecular flexibility index (Phi) is 18.9. The number of carbonyl (C=O) groups is 8. The van der Waals surface area contributed by atoms with E-state index in [1.54, 1.807) is 6.92 Å². The van der Waals surface area contributed by atoms with Crippen molar-refractivity contribution in [2.45, 2.75) is 148 Å². The number of alkyl halides is 1. The molecule has 3 saturated heterocycles. The predicted octanol–water partition coefficient (Wildman–Crippen LogP) is 0.325. The minimum atomic E-state index is -1.87. The average molecular weight is 916 g/mol. The van der Waals surface area contributed by atoms with Gasteiger partial charge in [0, 0.05) is 73.7 Å². The van der Waals surface area contributed by atoms with E-state index in [-0.39, 0.29) is 5.33 Å². The molecular weight excluding hydrogens is 864 g/mol. The highest BCUT2D eigenvalue weighted by atomic mass is 79.9. The molecule has 3 fully saturated rings. The second-order valence-corrected chi connectivity index (χ2v) is 14.3. The van der Waals surface area contributed by atoms with Gasteiger partial charge < -0.3 is 66.3 Å². The van der Waals surface area contributed by atoms with Gasteiger partial charge in [0.15, 0.2) is 49.4 Å². The van der Waals surface area contributed by atoms with Gasteiger partial charge >= 0.3 is 47.8 Å². The van der Waals surface area contributed by atoms with Gasteiger partial charge in [0.25, 0.3) is 0 Å². The molecule has 0 bridgehead atoms. The molecule has 0 aromatic carbocycles. The van der Waals surface area contributed by atoms with Crippen LogP contribution in [0.15, 0.2) is 0 Å². The summed E-state index contributed by atoms with van der Waals surface area (Å²) in [6.07, 6.45) is -20.9. The van der Waals surface area contributed by atoms with Gasteiger partial charge in [-0.3, -0.25) is 38.4 Å². The second kappa shape index (κ2) is 22.6. The van der Waals surface area contributed by atoms with Gasteiger partial charge in [-0.1, -0.05) is 22.9 Å². The van der Waals surface area contributed by atoms with Crippen LogP contribution in [0.25, 0.3) is 0 Å². The van der Waals surface area contributed by atoms with Crippen molar-refractivity contribution in [2.75, 3.05) is 25.7 Å². The number of hydrogen-bond donors (Lipinski definition) is 0. The van der Waals surface area contributed by atoms with Crippen molar-refractivity contribution >= 4 is 63.7 Å². The molecule has 334 valence electrons. The van der Waals surface area contributed by atoms with Crippen molar-refractivity contribution in [2.24, 2.45) is 5.92 Å². The number of halogens is 1. The number of carbonyl (C=O) groups excluding carboxylic acids is 8. The van der Waals surface area contributed by atoms with Gasteiger partial charge in [-0.05, 0) is 0 Å². The normalized spacial score (nSPS) is 34.3. The Morgan fingerprint density at radius 3 is 1.07 bits per heavy atom. The zero-order valence-electron chi connectivity index (χ0n) is 34.1. The smallest absolute Gasteiger partial charge is 0.303 e. The molecule has 0 aromatic rings. The number of hydrogen-bond acceptors (Lipinski definition) is 22. The third kappa shape index (κ3) is 14.0. The highest BCUT2D eigenvalue weighted by Crippen LogP contribution is 2.38. The van der Waals surface area contributed by atoms with E-state index in [0.717, 1.165) is 55.4 Å². The summed E-state index contributed by atoms with van der Waals surface area (Å²) in [5, 5.41) is 0.176. The second-order valence-electron chi connectivity index (χ2n) is 13.6. The van der Waals surface area contributed by atoms with Crippen LogP contribution in [0.5, 0.6) is 0 Å². The fourth-order valence-corrected chi connectivity index (χ4v) is 7.40. The van der Waals surface area contributed by atoms with E-state index in [1.165, 1.54) is 7.11 Å². The Balaban J connectivity index is 2.23. The third-order valence-corrected chi connectivity index (χ3v) is 9.51. The molecule has 3 rings (SSSR count). The Morgan fingerprint density at radius 1 is 0.424 bits per heavy atom. The topological polar surface area (TPSA) is 266 Å². The molecule has 15 atom stereocenters. The van der Waals surface area contributed by atoms with Crippen molar-refractivity contribution in [1.29, 1.82) is 0 Å². The first-order valence-electron chi connectivity index (χ1n) is 18.3.